The van der Waals surface area contributed by atoms with E-state index in [0.717, 1.165) is 31.2 Å². The van der Waals surface area contributed by atoms with Crippen LogP contribution in [0.5, 0.6) is 0 Å². The molecule has 0 aliphatic heterocycles. The van der Waals surface area contributed by atoms with Crippen molar-refractivity contribution in [2.75, 3.05) is 11.9 Å². The predicted molar refractivity (Wildman–Crippen MR) is 104 cm³/mol. The molecular weight excluding hydrogens is 362 g/mol. The fraction of sp³-hybridized carbons (Fsp3) is 0.286. The zero-order valence-corrected chi connectivity index (χ0v) is 15.8. The number of anilines is 1. The number of rotatable bonds is 4. The van der Waals surface area contributed by atoms with Crippen LogP contribution in [0.4, 0.5) is 5.00 Å². The van der Waals surface area contributed by atoms with Gasteiger partial charge in [-0.05, 0) is 38.2 Å². The minimum absolute atomic E-state index is 0.307. The molecule has 0 spiro atoms. The van der Waals surface area contributed by atoms with E-state index in [4.69, 9.17) is 4.74 Å². The molecule has 138 valence electrons. The Labute approximate surface area is 161 Å². The Balaban J connectivity index is 1.78. The summed E-state index contributed by atoms with van der Waals surface area (Å²) in [6.45, 7) is 2.09. The van der Waals surface area contributed by atoms with Crippen molar-refractivity contribution in [3.63, 3.8) is 0 Å². The van der Waals surface area contributed by atoms with E-state index in [1.54, 1.807) is 25.1 Å². The maximum absolute atomic E-state index is 12.6. The standard InChI is InChI=1S/C21H19NO4S/c1-2-26-21(25)18-14-9-5-6-10-17(14)27-20(18)22-15-11-16(23)19(24)13-8-4-3-7-12(13)15/h3-4,7-8,11,22H,2,5-6,9-10H2,1H3. The third kappa shape index (κ3) is 3.10. The van der Waals surface area contributed by atoms with Gasteiger partial charge in [-0.1, -0.05) is 24.3 Å². The number of allylic oxidation sites excluding steroid dienone is 1. The van der Waals surface area contributed by atoms with Crippen molar-refractivity contribution in [3.8, 4) is 0 Å². The Morgan fingerprint density at radius 3 is 2.67 bits per heavy atom. The van der Waals surface area contributed by atoms with Gasteiger partial charge in [0.25, 0.3) is 0 Å². The van der Waals surface area contributed by atoms with Crippen molar-refractivity contribution >= 4 is 39.6 Å². The van der Waals surface area contributed by atoms with Crippen LogP contribution in [0.15, 0.2) is 30.3 Å². The number of thiophene rings is 1. The summed E-state index contributed by atoms with van der Waals surface area (Å²) in [5.74, 6) is -1.41. The van der Waals surface area contributed by atoms with Crippen molar-refractivity contribution in [2.24, 2.45) is 0 Å². The first-order chi connectivity index (χ1) is 13.1. The average molecular weight is 381 g/mol. The van der Waals surface area contributed by atoms with E-state index in [1.165, 1.54) is 22.3 Å². The van der Waals surface area contributed by atoms with Crippen LogP contribution in [-0.4, -0.2) is 24.1 Å². The normalized spacial score (nSPS) is 15.7. The number of benzene rings is 1. The largest absolute Gasteiger partial charge is 0.462 e. The highest BCUT2D eigenvalue weighted by molar-refractivity contribution is 7.16. The topological polar surface area (TPSA) is 72.5 Å². The fourth-order valence-electron chi connectivity index (χ4n) is 3.62. The van der Waals surface area contributed by atoms with E-state index in [-0.39, 0.29) is 5.97 Å². The zero-order chi connectivity index (χ0) is 19.0. The first-order valence-electron chi connectivity index (χ1n) is 9.08. The molecule has 2 aliphatic rings. The molecule has 2 aromatic rings. The van der Waals surface area contributed by atoms with Crippen molar-refractivity contribution in [3.05, 3.63) is 57.5 Å². The maximum atomic E-state index is 12.6. The molecule has 1 aromatic carbocycles. The summed E-state index contributed by atoms with van der Waals surface area (Å²) in [5, 5.41) is 3.94. The molecule has 2 aliphatic carbocycles. The fourth-order valence-corrected chi connectivity index (χ4v) is 4.91. The number of carbonyl (C=O) groups excluding carboxylic acids is 3. The number of Topliss-reactive ketones (excluding diaryl/α,β-unsaturated/α-hetero) is 1. The second-order valence-electron chi connectivity index (χ2n) is 6.56. The smallest absolute Gasteiger partial charge is 0.341 e. The first-order valence-corrected chi connectivity index (χ1v) is 9.90. The molecule has 0 unspecified atom stereocenters. The van der Waals surface area contributed by atoms with Gasteiger partial charge in [0.05, 0.1) is 17.9 Å². The number of hydrogen-bond acceptors (Lipinski definition) is 6. The Bertz CT molecular complexity index is 986. The van der Waals surface area contributed by atoms with E-state index in [0.29, 0.717) is 34.0 Å². The van der Waals surface area contributed by atoms with Crippen LogP contribution in [0.25, 0.3) is 5.70 Å². The third-order valence-corrected chi connectivity index (χ3v) is 6.07. The lowest BCUT2D eigenvalue weighted by atomic mass is 9.92. The van der Waals surface area contributed by atoms with Crippen LogP contribution in [0.1, 0.15) is 56.5 Å². The van der Waals surface area contributed by atoms with Crippen molar-refractivity contribution in [1.29, 1.82) is 0 Å². The number of hydrogen-bond donors (Lipinski definition) is 1. The average Bonchev–Trinajstić information content (AvgIpc) is 3.04. The molecule has 4 rings (SSSR count). The van der Waals surface area contributed by atoms with E-state index in [1.807, 2.05) is 6.07 Å². The number of fused-ring (bicyclic) bond motifs is 2. The van der Waals surface area contributed by atoms with Crippen molar-refractivity contribution in [2.45, 2.75) is 32.6 Å². The van der Waals surface area contributed by atoms with Gasteiger partial charge in [-0.2, -0.15) is 0 Å². The molecule has 0 bridgehead atoms. The van der Waals surface area contributed by atoms with Crippen LogP contribution < -0.4 is 5.32 Å². The Morgan fingerprint density at radius 1 is 1.15 bits per heavy atom. The second kappa shape index (κ2) is 7.12. The minimum atomic E-state index is -0.560. The Morgan fingerprint density at radius 2 is 1.89 bits per heavy atom. The Kier molecular flexibility index (Phi) is 4.66. The molecule has 1 aromatic heterocycles. The summed E-state index contributed by atoms with van der Waals surface area (Å²) in [5.41, 5.74) is 3.22. The van der Waals surface area contributed by atoms with Gasteiger partial charge in [0.1, 0.15) is 5.00 Å². The highest BCUT2D eigenvalue weighted by atomic mass is 32.1. The lowest BCUT2D eigenvalue weighted by Crippen LogP contribution is -2.21. The number of nitrogens with one attached hydrogen (secondary N) is 1. The number of carbonyl (C=O) groups is 3. The quantitative estimate of drug-likeness (QED) is 0.640. The summed E-state index contributed by atoms with van der Waals surface area (Å²) in [4.78, 5) is 38.1. The van der Waals surface area contributed by atoms with Crippen LogP contribution in [0.2, 0.25) is 0 Å². The molecule has 0 fully saturated rings. The van der Waals surface area contributed by atoms with Gasteiger partial charge in [-0.3, -0.25) is 9.59 Å². The van der Waals surface area contributed by atoms with Crippen molar-refractivity contribution in [1.82, 2.24) is 0 Å². The maximum Gasteiger partial charge on any atom is 0.341 e. The molecule has 1 N–H and O–H groups in total. The van der Waals surface area contributed by atoms with E-state index in [9.17, 15) is 14.4 Å². The van der Waals surface area contributed by atoms with E-state index >= 15 is 0 Å². The predicted octanol–water partition coefficient (Wildman–Crippen LogP) is 4.02. The molecular formula is C21H19NO4S. The highest BCUT2D eigenvalue weighted by Gasteiger charge is 2.30. The third-order valence-electron chi connectivity index (χ3n) is 4.86. The Hall–Kier alpha value is -2.73. The summed E-state index contributed by atoms with van der Waals surface area (Å²) in [7, 11) is 0. The number of esters is 1. The number of ether oxygens (including phenoxy) is 1. The molecule has 0 amide bonds. The minimum Gasteiger partial charge on any atom is -0.462 e. The van der Waals surface area contributed by atoms with Crippen LogP contribution in [0.3, 0.4) is 0 Å². The summed E-state index contributed by atoms with van der Waals surface area (Å²) in [6, 6.07) is 7.01. The summed E-state index contributed by atoms with van der Waals surface area (Å²) >= 11 is 1.54. The van der Waals surface area contributed by atoms with Gasteiger partial charge in [0.15, 0.2) is 0 Å². The van der Waals surface area contributed by atoms with Crippen LogP contribution in [0, 0.1) is 0 Å². The van der Waals surface area contributed by atoms with Crippen LogP contribution in [-0.2, 0) is 22.4 Å². The molecule has 27 heavy (non-hydrogen) atoms. The molecule has 6 heteroatoms. The van der Waals surface area contributed by atoms with Crippen LogP contribution >= 0.6 is 11.3 Å². The molecule has 0 saturated heterocycles. The van der Waals surface area contributed by atoms with Gasteiger partial charge < -0.3 is 10.1 Å². The molecule has 5 nitrogen and oxygen atoms in total. The summed E-state index contributed by atoms with van der Waals surface area (Å²) in [6.07, 6.45) is 5.27. The van der Waals surface area contributed by atoms with Gasteiger partial charge in [-0.15, -0.1) is 11.3 Å². The summed E-state index contributed by atoms with van der Waals surface area (Å²) < 4.78 is 5.28. The van der Waals surface area contributed by atoms with E-state index in [2.05, 4.69) is 5.32 Å². The second-order valence-corrected chi connectivity index (χ2v) is 7.66. The molecule has 1 heterocycles. The molecule has 0 atom stereocenters. The zero-order valence-electron chi connectivity index (χ0n) is 15.0. The number of aryl methyl sites for hydroxylation is 1. The van der Waals surface area contributed by atoms with Gasteiger partial charge in [-0.25, -0.2) is 4.79 Å². The lowest BCUT2D eigenvalue weighted by molar-refractivity contribution is -0.111. The van der Waals surface area contributed by atoms with Gasteiger partial charge >= 0.3 is 5.97 Å². The van der Waals surface area contributed by atoms with E-state index < -0.39 is 11.6 Å². The highest BCUT2D eigenvalue weighted by Crippen LogP contribution is 2.40. The molecule has 0 radical (unpaired) electrons. The lowest BCUT2D eigenvalue weighted by Gasteiger charge is -2.18. The first kappa shape index (κ1) is 17.7. The monoisotopic (exact) mass is 381 g/mol. The van der Waals surface area contributed by atoms with Gasteiger partial charge in [0.2, 0.25) is 11.6 Å². The van der Waals surface area contributed by atoms with Crippen molar-refractivity contribution < 1.29 is 19.1 Å². The molecule has 0 saturated carbocycles. The SMILES string of the molecule is CCOC(=O)c1c(NC2=CC(=O)C(=O)c3ccccc32)sc2c1CCCC2. The number of ketones is 2. The van der Waals surface area contributed by atoms with Gasteiger partial charge in [0, 0.05) is 22.1 Å².